The summed E-state index contributed by atoms with van der Waals surface area (Å²) in [4.78, 5) is 155. The largest absolute Gasteiger partial charge is 0.462 e. The molecule has 2 aliphatic carbocycles. The average molecular weight is 1300 g/mol. The van der Waals surface area contributed by atoms with Crippen LogP contribution in [0.15, 0.2) is 60.7 Å². The van der Waals surface area contributed by atoms with Gasteiger partial charge in [-0.15, -0.1) is 0 Å². The maximum Gasteiger partial charge on any atom is 0.329 e. The number of benzene rings is 2. The molecule has 0 unspecified atom stereocenters. The van der Waals surface area contributed by atoms with Crippen LogP contribution in [0.1, 0.15) is 173 Å². The molecule has 7 rings (SSSR count). The zero-order chi connectivity index (χ0) is 67.0. The van der Waals surface area contributed by atoms with Crippen molar-refractivity contribution in [1.82, 2.24) is 36.4 Å². The molecule has 2 saturated carbocycles. The number of piperidine rings is 1. The lowest BCUT2D eigenvalue weighted by molar-refractivity contribution is -0.263. The number of hydrogen-bond donors (Lipinski definition) is 6. The highest BCUT2D eigenvalue weighted by molar-refractivity contribution is 6.39. The lowest BCUT2D eigenvalue weighted by Crippen LogP contribution is -2.60. The summed E-state index contributed by atoms with van der Waals surface area (Å²) in [7, 11) is 2.94. The number of ether oxygens (including phenoxy) is 5. The van der Waals surface area contributed by atoms with Crippen LogP contribution in [-0.2, 0) is 89.3 Å². The zero-order valence-electron chi connectivity index (χ0n) is 54.9. The number of esters is 3. The van der Waals surface area contributed by atoms with Crippen LogP contribution in [0.5, 0.6) is 0 Å². The van der Waals surface area contributed by atoms with Gasteiger partial charge in [0.2, 0.25) is 41.2 Å². The minimum Gasteiger partial charge on any atom is -0.462 e. The number of methoxy groups -OCH3 is 1. The molecule has 93 heavy (non-hydrogen) atoms. The van der Waals surface area contributed by atoms with Gasteiger partial charge in [-0.25, -0.2) is 4.79 Å². The highest BCUT2D eigenvalue weighted by atomic mass is 16.6. The molecule has 5 fully saturated rings. The normalized spacial score (nSPS) is 29.3. The highest BCUT2D eigenvalue weighted by Gasteiger charge is 2.53. The molecule has 2 bridgehead atoms. The van der Waals surface area contributed by atoms with Crippen LogP contribution in [0, 0.1) is 17.8 Å². The molecule has 3 aliphatic heterocycles. The number of carbonyl (C=O) groups excluding carboxylic acids is 11. The lowest BCUT2D eigenvalue weighted by atomic mass is 9.78. The molecular formula is C69H99N7O17. The summed E-state index contributed by atoms with van der Waals surface area (Å²) in [6.07, 6.45) is 7.73. The quantitative estimate of drug-likeness (QED) is 0.0894. The van der Waals surface area contributed by atoms with E-state index < -0.39 is 138 Å². The van der Waals surface area contributed by atoms with Gasteiger partial charge in [-0.1, -0.05) is 100 Å². The summed E-state index contributed by atoms with van der Waals surface area (Å²) in [5.41, 5.74) is 1.38. The van der Waals surface area contributed by atoms with Gasteiger partial charge in [0.25, 0.3) is 11.7 Å². The molecule has 5 aliphatic rings. The fourth-order valence-corrected chi connectivity index (χ4v) is 13.3. The Labute approximate surface area is 546 Å². The molecule has 24 heteroatoms. The maximum atomic E-state index is 14.6. The topological polar surface area (TPSA) is 321 Å². The number of carbonyl (C=O) groups is 11. The third-order valence-electron chi connectivity index (χ3n) is 18.8. The Balaban J connectivity index is 1.06. The molecule has 6 N–H and O–H groups in total. The van der Waals surface area contributed by atoms with Gasteiger partial charge >= 0.3 is 17.9 Å². The summed E-state index contributed by atoms with van der Waals surface area (Å²) in [6, 6.07) is 12.9. The first kappa shape index (κ1) is 73.1. The number of hydrogen-bond acceptors (Lipinski definition) is 17. The van der Waals surface area contributed by atoms with E-state index in [0.717, 1.165) is 48.3 Å². The second-order valence-electron chi connectivity index (χ2n) is 26.2. The molecular weight excluding hydrogens is 1200 g/mol. The molecule has 12 atom stereocenters. The first-order chi connectivity index (χ1) is 44.6. The van der Waals surface area contributed by atoms with Gasteiger partial charge in [-0.05, 0) is 120 Å². The standard InChI is InChI=1S/C69H99N7O17/c1-44(38-49-28-31-55(57(41-49)89-5)91-62(81)34-33-61(80)90-50-24-16-8-6-7-9-17-25-50)56-42-59(78)70-35-36-71-60(79)43-75(4)66(85)53(40-48-22-14-11-15-23-48)74-65(84)52(39-47-20-12-10-13-21-47)73-64(83)46(3)72-58(77)32-30-51-29-27-45(2)69(88,93-51)63(82)67(86)76-37-19-18-26-54(76)68(87)92-56/h10-15,20-23,44-46,49-57,88H,6-9,16-19,24-43H2,1-5H3,(H,70,78)(H,71,79)(H,72,77)(H,73,83)(H,74,84)/t44-,45-,46+,49+,51+,52+,53+,54+,55-,56+,57-,69-/m1/s1. The van der Waals surface area contributed by atoms with Crippen molar-refractivity contribution < 1.29 is 81.5 Å². The van der Waals surface area contributed by atoms with Gasteiger partial charge in [0.15, 0.2) is 0 Å². The van der Waals surface area contributed by atoms with E-state index in [1.54, 1.807) is 67.6 Å². The molecule has 2 aromatic rings. The van der Waals surface area contributed by atoms with E-state index >= 15 is 0 Å². The summed E-state index contributed by atoms with van der Waals surface area (Å²) in [5, 5.41) is 25.8. The number of rotatable bonds is 13. The van der Waals surface area contributed by atoms with E-state index in [2.05, 4.69) is 26.6 Å². The van der Waals surface area contributed by atoms with Crippen molar-refractivity contribution in [3.63, 3.8) is 0 Å². The zero-order valence-corrected chi connectivity index (χ0v) is 54.9. The van der Waals surface area contributed by atoms with Crippen LogP contribution >= 0.6 is 0 Å². The van der Waals surface area contributed by atoms with Crippen LogP contribution in [-0.4, -0.2) is 181 Å². The number of likely N-dealkylation sites (N-methyl/N-ethyl adjacent to an activating group) is 1. The number of amides is 7. The number of Topliss-reactive ketones (excluding diaryl/α,β-unsaturated/α-hetero) is 1. The van der Waals surface area contributed by atoms with E-state index in [1.807, 2.05) is 6.92 Å². The summed E-state index contributed by atoms with van der Waals surface area (Å²) in [5.74, 6) is -12.0. The van der Waals surface area contributed by atoms with Crippen molar-refractivity contribution >= 4 is 65.0 Å². The van der Waals surface area contributed by atoms with E-state index in [4.69, 9.17) is 23.7 Å². The van der Waals surface area contributed by atoms with Gasteiger partial charge in [-0.2, -0.15) is 0 Å². The third-order valence-corrected chi connectivity index (χ3v) is 18.8. The van der Waals surface area contributed by atoms with Crippen molar-refractivity contribution in [1.29, 1.82) is 0 Å². The Bertz CT molecular complexity index is 2850. The number of ketones is 1. The molecule has 0 radical (unpaired) electrons. The molecule has 0 spiro atoms. The second kappa shape index (κ2) is 36.4. The molecule has 7 amide bonds. The Hall–Kier alpha value is -7.31. The first-order valence-electron chi connectivity index (χ1n) is 33.7. The Morgan fingerprint density at radius 2 is 1.27 bits per heavy atom. The fourth-order valence-electron chi connectivity index (χ4n) is 13.3. The summed E-state index contributed by atoms with van der Waals surface area (Å²) >= 11 is 0. The predicted molar refractivity (Wildman–Crippen MR) is 340 cm³/mol. The monoisotopic (exact) mass is 1300 g/mol. The maximum absolute atomic E-state index is 14.6. The minimum atomic E-state index is -2.63. The van der Waals surface area contributed by atoms with Crippen molar-refractivity contribution in [3.05, 3.63) is 71.8 Å². The third kappa shape index (κ3) is 22.4. The van der Waals surface area contributed by atoms with Crippen LogP contribution in [0.25, 0.3) is 0 Å². The lowest BCUT2D eigenvalue weighted by Gasteiger charge is -2.42. The van der Waals surface area contributed by atoms with Crippen LogP contribution < -0.4 is 26.6 Å². The fraction of sp³-hybridized carbons (Fsp3) is 0.667. The van der Waals surface area contributed by atoms with E-state index in [1.165, 1.54) is 33.9 Å². The van der Waals surface area contributed by atoms with Crippen LogP contribution in [0.2, 0.25) is 0 Å². The number of cyclic esters (lactones) is 1. The Morgan fingerprint density at radius 3 is 1.92 bits per heavy atom. The molecule has 0 aromatic heterocycles. The van der Waals surface area contributed by atoms with Gasteiger partial charge in [-0.3, -0.25) is 47.9 Å². The number of aliphatic hydroxyl groups is 1. The SMILES string of the molecule is CO[C@@H]1C[C@H](C[C@@H](C)[C@@H]2CC(=O)NCCNC(=O)CN(C)C(=O)[C@H](Cc3ccccc3)NC(=O)[C@H](Cc3ccccc3)NC(=O)[C@H](C)NC(=O)CC[C@@H]3CC[C@@H](C)[C@@](O)(O3)C(=O)C(=O)N3CCCC[C@H]3C(=O)O2)CC[C@H]1OC(=O)CCC(=O)OC1CCCCCCCC1. The van der Waals surface area contributed by atoms with E-state index in [-0.39, 0.29) is 89.4 Å². The molecule has 3 heterocycles. The highest BCUT2D eigenvalue weighted by Crippen LogP contribution is 2.37. The number of fused-ring (bicyclic) bond motifs is 3. The van der Waals surface area contributed by atoms with Gasteiger partial charge in [0.1, 0.15) is 42.5 Å². The Kier molecular flexibility index (Phi) is 28.6. The molecule has 24 nitrogen and oxygen atoms in total. The van der Waals surface area contributed by atoms with Crippen molar-refractivity contribution in [3.8, 4) is 0 Å². The molecule has 2 aromatic carbocycles. The first-order valence-corrected chi connectivity index (χ1v) is 33.7. The predicted octanol–water partition coefficient (Wildman–Crippen LogP) is 4.77. The van der Waals surface area contributed by atoms with Crippen LogP contribution in [0.3, 0.4) is 0 Å². The molecule has 3 saturated heterocycles. The van der Waals surface area contributed by atoms with Crippen LogP contribution in [0.4, 0.5) is 0 Å². The van der Waals surface area contributed by atoms with Gasteiger partial charge in [0.05, 0.1) is 38.0 Å². The van der Waals surface area contributed by atoms with Crippen molar-refractivity contribution in [2.75, 3.05) is 40.3 Å². The summed E-state index contributed by atoms with van der Waals surface area (Å²) < 4.78 is 29.8. The van der Waals surface area contributed by atoms with Gasteiger partial charge < -0.3 is 65.2 Å². The number of nitrogens with zero attached hydrogens (tertiary/aromatic N) is 2. The smallest absolute Gasteiger partial charge is 0.329 e. The van der Waals surface area contributed by atoms with E-state index in [0.29, 0.717) is 56.1 Å². The van der Waals surface area contributed by atoms with Crippen molar-refractivity contribution in [2.45, 2.75) is 235 Å². The number of nitrogens with one attached hydrogen (secondary N) is 5. The minimum absolute atomic E-state index is 0.00451. The van der Waals surface area contributed by atoms with E-state index in [9.17, 15) is 57.8 Å². The Morgan fingerprint density at radius 1 is 0.667 bits per heavy atom. The average Bonchev–Trinajstić information content (AvgIpc) is 0.862. The summed E-state index contributed by atoms with van der Waals surface area (Å²) in [6.45, 7) is 4.23. The molecule has 512 valence electrons. The van der Waals surface area contributed by atoms with Gasteiger partial charge in [0, 0.05) is 59.0 Å². The second-order valence-corrected chi connectivity index (χ2v) is 26.2. The van der Waals surface area contributed by atoms with Crippen molar-refractivity contribution in [2.24, 2.45) is 17.8 Å².